The number of halogens is 1. The number of carbonyl (C=O) groups is 2. The van der Waals surface area contributed by atoms with Gasteiger partial charge in [0.1, 0.15) is 24.0 Å². The van der Waals surface area contributed by atoms with E-state index in [9.17, 15) is 23.9 Å². The fourth-order valence-electron chi connectivity index (χ4n) is 4.37. The van der Waals surface area contributed by atoms with Gasteiger partial charge < -0.3 is 29.4 Å². The normalized spacial score (nSPS) is 18.8. The van der Waals surface area contributed by atoms with Crippen LogP contribution in [0.1, 0.15) is 38.2 Å². The van der Waals surface area contributed by atoms with Crippen LogP contribution in [-0.2, 0) is 17.9 Å². The van der Waals surface area contributed by atoms with Gasteiger partial charge in [0.15, 0.2) is 17.7 Å². The number of rotatable bonds is 6. The predicted molar refractivity (Wildman–Crippen MR) is 126 cm³/mol. The summed E-state index contributed by atoms with van der Waals surface area (Å²) in [4.78, 5) is 41.3. The highest BCUT2D eigenvalue weighted by atomic mass is 19.1. The van der Waals surface area contributed by atoms with Crippen LogP contribution in [-0.4, -0.2) is 52.2 Å². The number of amides is 2. The smallest absolute Gasteiger partial charge is 0.275 e. The number of benzene rings is 2. The first-order valence-electron chi connectivity index (χ1n) is 11.5. The molecule has 2 atom stereocenters. The highest BCUT2D eigenvalue weighted by Crippen LogP contribution is 2.32. The number of pyridine rings is 1. The van der Waals surface area contributed by atoms with Gasteiger partial charge in [-0.05, 0) is 23.3 Å². The lowest BCUT2D eigenvalue weighted by Gasteiger charge is -2.43. The summed E-state index contributed by atoms with van der Waals surface area (Å²) in [5, 5.41) is 13.7. The Kier molecular flexibility index (Phi) is 6.53. The van der Waals surface area contributed by atoms with E-state index in [4.69, 9.17) is 9.47 Å². The number of nitrogens with one attached hydrogen (secondary N) is 1. The molecule has 3 heterocycles. The molecule has 0 bridgehead atoms. The molecule has 1 fully saturated rings. The number of hydrogen-bond donors (Lipinski definition) is 2. The summed E-state index contributed by atoms with van der Waals surface area (Å²) in [6.45, 7) is 0.715. The molecular weight excluding hydrogens is 469 g/mol. The number of aliphatic hydroxyl groups is 1. The van der Waals surface area contributed by atoms with E-state index < -0.39 is 35.3 Å². The molecule has 2 aliphatic rings. The second-order valence-electron chi connectivity index (χ2n) is 8.59. The topological polar surface area (TPSA) is 110 Å². The van der Waals surface area contributed by atoms with Crippen LogP contribution in [0, 0.1) is 5.82 Å². The number of aliphatic hydroxyl groups excluding tert-OH is 1. The van der Waals surface area contributed by atoms with Crippen molar-refractivity contribution < 1.29 is 28.6 Å². The van der Waals surface area contributed by atoms with Crippen LogP contribution in [0.25, 0.3) is 0 Å². The zero-order valence-corrected chi connectivity index (χ0v) is 19.2. The van der Waals surface area contributed by atoms with E-state index in [1.165, 1.54) is 39.9 Å². The van der Waals surface area contributed by atoms with Crippen molar-refractivity contribution in [3.05, 3.63) is 99.2 Å². The van der Waals surface area contributed by atoms with Crippen molar-refractivity contribution in [2.24, 2.45) is 0 Å². The molecule has 2 aromatic carbocycles. The van der Waals surface area contributed by atoms with Crippen LogP contribution in [0.3, 0.4) is 0 Å². The summed E-state index contributed by atoms with van der Waals surface area (Å²) in [5.41, 5.74) is 0.224. The molecule has 2 N–H and O–H groups in total. The Morgan fingerprint density at radius 2 is 1.86 bits per heavy atom. The molecule has 0 aliphatic carbocycles. The van der Waals surface area contributed by atoms with Crippen LogP contribution in [0.5, 0.6) is 5.75 Å². The Bertz CT molecular complexity index is 1340. The Labute approximate surface area is 205 Å². The van der Waals surface area contributed by atoms with Gasteiger partial charge in [0.2, 0.25) is 5.43 Å². The largest absolute Gasteiger partial charge is 0.483 e. The Balaban J connectivity index is 1.52. The third-order valence-corrected chi connectivity index (χ3v) is 6.29. The Hall–Kier alpha value is -4.02. The van der Waals surface area contributed by atoms with Crippen molar-refractivity contribution in [3.63, 3.8) is 0 Å². The number of nitrogens with zero attached hydrogens (tertiary/aromatic N) is 2. The fourth-order valence-corrected chi connectivity index (χ4v) is 4.37. The molecule has 1 saturated heterocycles. The van der Waals surface area contributed by atoms with Crippen molar-refractivity contribution >= 4 is 11.8 Å². The van der Waals surface area contributed by atoms with Gasteiger partial charge in [-0.25, -0.2) is 4.39 Å². The molecule has 2 amide bonds. The van der Waals surface area contributed by atoms with Crippen LogP contribution in [0.4, 0.5) is 4.39 Å². The molecule has 36 heavy (non-hydrogen) atoms. The van der Waals surface area contributed by atoms with Crippen LogP contribution < -0.4 is 15.5 Å². The fraction of sp³-hybridized carbons (Fsp3) is 0.269. The third-order valence-electron chi connectivity index (χ3n) is 6.29. The monoisotopic (exact) mass is 493 g/mol. The van der Waals surface area contributed by atoms with Crippen LogP contribution >= 0.6 is 0 Å². The van der Waals surface area contributed by atoms with E-state index in [1.54, 1.807) is 12.1 Å². The summed E-state index contributed by atoms with van der Waals surface area (Å²) in [6.07, 6.45) is -0.0667. The minimum atomic E-state index is -1.25. The molecule has 0 saturated carbocycles. The average Bonchev–Trinajstić information content (AvgIpc) is 2.91. The number of morpholine rings is 1. The van der Waals surface area contributed by atoms with Gasteiger partial charge in [-0.15, -0.1) is 0 Å². The maximum Gasteiger partial charge on any atom is 0.275 e. The van der Waals surface area contributed by atoms with Crippen molar-refractivity contribution in [2.45, 2.75) is 25.4 Å². The third kappa shape index (κ3) is 4.48. The Morgan fingerprint density at radius 1 is 1.11 bits per heavy atom. The average molecular weight is 493 g/mol. The maximum absolute atomic E-state index is 13.4. The van der Waals surface area contributed by atoms with Crippen molar-refractivity contribution in [1.82, 2.24) is 14.8 Å². The summed E-state index contributed by atoms with van der Waals surface area (Å²) in [7, 11) is 0. The van der Waals surface area contributed by atoms with E-state index in [0.717, 1.165) is 5.56 Å². The summed E-state index contributed by atoms with van der Waals surface area (Å²) < 4.78 is 25.7. The lowest BCUT2D eigenvalue weighted by molar-refractivity contribution is -0.0815. The van der Waals surface area contributed by atoms with Gasteiger partial charge in [0.05, 0.1) is 13.2 Å². The minimum Gasteiger partial charge on any atom is -0.483 e. The van der Waals surface area contributed by atoms with E-state index in [1.807, 2.05) is 18.2 Å². The molecular formula is C26H24FN3O6. The second-order valence-corrected chi connectivity index (χ2v) is 8.59. The minimum absolute atomic E-state index is 0.0142. The van der Waals surface area contributed by atoms with Gasteiger partial charge in [-0.1, -0.05) is 42.5 Å². The summed E-state index contributed by atoms with van der Waals surface area (Å²) in [6, 6.07) is 14.0. The lowest BCUT2D eigenvalue weighted by atomic mass is 10.0. The molecule has 186 valence electrons. The number of carbonyl (C=O) groups excluding carboxylic acids is 2. The molecule has 10 heteroatoms. The number of aromatic nitrogens is 1. The van der Waals surface area contributed by atoms with E-state index in [-0.39, 0.29) is 43.3 Å². The summed E-state index contributed by atoms with van der Waals surface area (Å²) in [5.74, 6) is -1.90. The number of hydrogen-bond acceptors (Lipinski definition) is 6. The van der Waals surface area contributed by atoms with Crippen molar-refractivity contribution in [3.8, 4) is 5.75 Å². The zero-order valence-electron chi connectivity index (χ0n) is 19.2. The Morgan fingerprint density at radius 3 is 2.61 bits per heavy atom. The highest BCUT2D eigenvalue weighted by Gasteiger charge is 2.43. The molecule has 5 rings (SSSR count). The molecule has 0 spiro atoms. The quantitative estimate of drug-likeness (QED) is 0.542. The predicted octanol–water partition coefficient (Wildman–Crippen LogP) is 1.84. The molecule has 2 unspecified atom stereocenters. The summed E-state index contributed by atoms with van der Waals surface area (Å²) >= 11 is 0. The van der Waals surface area contributed by atoms with E-state index in [0.29, 0.717) is 12.2 Å². The highest BCUT2D eigenvalue weighted by molar-refractivity contribution is 5.99. The molecule has 2 aliphatic heterocycles. The van der Waals surface area contributed by atoms with Gasteiger partial charge in [0.25, 0.3) is 11.8 Å². The molecule has 9 nitrogen and oxygen atoms in total. The number of ether oxygens (including phenoxy) is 2. The molecule has 0 radical (unpaired) electrons. The first-order chi connectivity index (χ1) is 17.4. The first-order valence-corrected chi connectivity index (χ1v) is 11.5. The van der Waals surface area contributed by atoms with Gasteiger partial charge in [0, 0.05) is 19.3 Å². The van der Waals surface area contributed by atoms with Crippen LogP contribution in [0.2, 0.25) is 0 Å². The molecule has 1 aromatic heterocycles. The first kappa shape index (κ1) is 23.7. The lowest BCUT2D eigenvalue weighted by Crippen LogP contribution is -2.57. The number of fused-ring (bicyclic) bond motifs is 2. The van der Waals surface area contributed by atoms with Gasteiger partial charge in [-0.3, -0.25) is 14.4 Å². The second kappa shape index (κ2) is 9.92. The van der Waals surface area contributed by atoms with Crippen molar-refractivity contribution in [2.75, 3.05) is 19.8 Å². The maximum atomic E-state index is 13.4. The van der Waals surface area contributed by atoms with E-state index >= 15 is 0 Å². The van der Waals surface area contributed by atoms with Crippen molar-refractivity contribution in [1.29, 1.82) is 0 Å². The zero-order chi connectivity index (χ0) is 25.2. The van der Waals surface area contributed by atoms with Crippen LogP contribution in [0.15, 0.2) is 65.6 Å². The molecule has 3 aromatic rings. The van der Waals surface area contributed by atoms with Gasteiger partial charge in [-0.2, -0.15) is 0 Å². The standard InChI is InChI=1S/C26H24FN3O6/c27-18-8-6-16(7-9-18)12-28-24(32)19-13-30-21(26(34)29-10-11-35-15-20(29)25(30)33)23(22(19)31)36-14-17-4-2-1-3-5-17/h1-9,13,20,25,33H,10-12,14-15H2,(H,28,32). The van der Waals surface area contributed by atoms with E-state index in [2.05, 4.69) is 5.32 Å². The van der Waals surface area contributed by atoms with Gasteiger partial charge >= 0.3 is 0 Å². The SMILES string of the molecule is O=C(NCc1ccc(F)cc1)c1cn2c(c(OCc3ccccc3)c1=O)C(=O)N1CCOCC1C2O.